The van der Waals surface area contributed by atoms with E-state index in [0.717, 1.165) is 11.1 Å². The molecule has 106 valence electrons. The Balaban J connectivity index is 2.17. The largest absolute Gasteiger partial charge is 0.481 e. The molecule has 0 spiro atoms. The van der Waals surface area contributed by atoms with E-state index in [2.05, 4.69) is 10.2 Å². The van der Waals surface area contributed by atoms with Gasteiger partial charge in [0.25, 0.3) is 5.22 Å². The van der Waals surface area contributed by atoms with Crippen molar-refractivity contribution in [1.29, 1.82) is 0 Å². The highest BCUT2D eigenvalue weighted by Gasteiger charge is 2.14. The third-order valence-electron chi connectivity index (χ3n) is 2.84. The molecule has 5 nitrogen and oxygen atoms in total. The summed E-state index contributed by atoms with van der Waals surface area (Å²) in [7, 11) is 0. The molecule has 0 bridgehead atoms. The van der Waals surface area contributed by atoms with E-state index in [1.165, 1.54) is 11.8 Å². The second kappa shape index (κ2) is 6.28. The van der Waals surface area contributed by atoms with Crippen molar-refractivity contribution in [2.24, 2.45) is 0 Å². The van der Waals surface area contributed by atoms with E-state index < -0.39 is 5.97 Å². The Kier molecular flexibility index (Phi) is 4.67. The van der Waals surface area contributed by atoms with Crippen LogP contribution in [0.5, 0.6) is 0 Å². The maximum atomic E-state index is 10.4. The summed E-state index contributed by atoms with van der Waals surface area (Å²) in [6.45, 7) is 3.91. The van der Waals surface area contributed by atoms with Crippen LogP contribution in [0, 0.1) is 13.8 Å². The number of hydrogen-bond donors (Lipinski definition) is 1. The second-order valence-corrected chi connectivity index (χ2v) is 5.66. The average molecular weight is 313 g/mol. The van der Waals surface area contributed by atoms with Gasteiger partial charge in [0.1, 0.15) is 0 Å². The molecule has 0 unspecified atom stereocenters. The maximum Gasteiger partial charge on any atom is 0.304 e. The Bertz CT molecular complexity index is 643. The number of carboxylic acid groups (broad SMARTS) is 1. The topological polar surface area (TPSA) is 76.2 Å². The fourth-order valence-electron chi connectivity index (χ4n) is 1.55. The molecule has 20 heavy (non-hydrogen) atoms. The number of halogens is 1. The van der Waals surface area contributed by atoms with E-state index >= 15 is 0 Å². The summed E-state index contributed by atoms with van der Waals surface area (Å²) < 4.78 is 5.49. The van der Waals surface area contributed by atoms with Gasteiger partial charge < -0.3 is 9.52 Å². The number of nitrogens with zero attached hydrogens (tertiary/aromatic N) is 2. The molecule has 2 aromatic rings. The zero-order valence-electron chi connectivity index (χ0n) is 11.0. The van der Waals surface area contributed by atoms with Gasteiger partial charge in [0.05, 0.1) is 17.0 Å². The molecule has 0 aliphatic carbocycles. The van der Waals surface area contributed by atoms with Crippen LogP contribution in [0.2, 0.25) is 5.02 Å². The summed E-state index contributed by atoms with van der Waals surface area (Å²) in [6, 6.07) is 3.78. The molecule has 1 N–H and O–H groups in total. The van der Waals surface area contributed by atoms with Gasteiger partial charge in [-0.3, -0.25) is 4.79 Å². The zero-order valence-corrected chi connectivity index (χ0v) is 12.6. The molecular weight excluding hydrogens is 300 g/mol. The van der Waals surface area contributed by atoms with Crippen molar-refractivity contribution < 1.29 is 14.3 Å². The lowest BCUT2D eigenvalue weighted by Gasteiger charge is -2.05. The van der Waals surface area contributed by atoms with Gasteiger partial charge >= 0.3 is 5.97 Å². The first kappa shape index (κ1) is 14.9. The lowest BCUT2D eigenvalue weighted by Crippen LogP contribution is -1.95. The van der Waals surface area contributed by atoms with E-state index in [4.69, 9.17) is 21.1 Å². The molecule has 7 heteroatoms. The first-order chi connectivity index (χ1) is 9.49. The molecule has 0 radical (unpaired) electrons. The maximum absolute atomic E-state index is 10.4. The molecule has 0 aliphatic rings. The summed E-state index contributed by atoms with van der Waals surface area (Å²) in [6.07, 6.45) is 0.0484. The van der Waals surface area contributed by atoms with Crippen LogP contribution in [0.4, 0.5) is 0 Å². The number of benzene rings is 1. The predicted octanol–water partition coefficient (Wildman–Crippen LogP) is 3.57. The minimum absolute atomic E-state index is 0.0484. The monoisotopic (exact) mass is 312 g/mol. The molecule has 0 fully saturated rings. The number of carbonyl (C=O) groups is 1. The molecule has 0 atom stereocenters. The van der Waals surface area contributed by atoms with Crippen molar-refractivity contribution >= 4 is 29.3 Å². The van der Waals surface area contributed by atoms with Gasteiger partial charge in [-0.1, -0.05) is 29.4 Å². The average Bonchev–Trinajstić information content (AvgIpc) is 2.84. The number of carboxylic acids is 1. The number of rotatable bonds is 5. The van der Waals surface area contributed by atoms with E-state index in [1.807, 2.05) is 26.0 Å². The van der Waals surface area contributed by atoms with E-state index in [0.29, 0.717) is 27.5 Å². The number of hydrogen-bond acceptors (Lipinski definition) is 5. The van der Waals surface area contributed by atoms with E-state index in [9.17, 15) is 4.79 Å². The molecule has 1 aromatic heterocycles. The Morgan fingerprint density at radius 1 is 1.40 bits per heavy atom. The van der Waals surface area contributed by atoms with Gasteiger partial charge in [-0.2, -0.15) is 0 Å². The third-order valence-corrected chi connectivity index (χ3v) is 4.14. The zero-order chi connectivity index (χ0) is 14.7. The normalized spacial score (nSPS) is 10.8. The number of aryl methyl sites for hydroxylation is 1. The van der Waals surface area contributed by atoms with Crippen molar-refractivity contribution in [3.8, 4) is 11.5 Å². The number of aromatic nitrogens is 2. The smallest absolute Gasteiger partial charge is 0.304 e. The van der Waals surface area contributed by atoms with Crippen LogP contribution in [0.25, 0.3) is 11.5 Å². The van der Waals surface area contributed by atoms with Crippen LogP contribution < -0.4 is 0 Å². The minimum Gasteiger partial charge on any atom is -0.481 e. The standard InChI is InChI=1S/C13H13ClN2O3S/c1-7-3-4-9(11(14)8(7)2)12-15-16-13(19-12)20-6-5-10(17)18/h3-4H,5-6H2,1-2H3,(H,17,18). The molecular formula is C13H13ClN2O3S. The molecule has 0 saturated heterocycles. The Morgan fingerprint density at radius 3 is 2.85 bits per heavy atom. The fourth-order valence-corrected chi connectivity index (χ4v) is 2.53. The van der Waals surface area contributed by atoms with Gasteiger partial charge in [-0.05, 0) is 31.0 Å². The lowest BCUT2D eigenvalue weighted by molar-refractivity contribution is -0.136. The van der Waals surface area contributed by atoms with Gasteiger partial charge in [-0.15, -0.1) is 10.2 Å². The number of aliphatic carboxylic acids is 1. The third kappa shape index (κ3) is 3.32. The van der Waals surface area contributed by atoms with Crippen LogP contribution in [-0.2, 0) is 4.79 Å². The summed E-state index contributed by atoms with van der Waals surface area (Å²) >= 11 is 7.49. The van der Waals surface area contributed by atoms with Crippen LogP contribution >= 0.6 is 23.4 Å². The molecule has 0 saturated carbocycles. The first-order valence-corrected chi connectivity index (χ1v) is 7.29. The first-order valence-electron chi connectivity index (χ1n) is 5.93. The van der Waals surface area contributed by atoms with Gasteiger partial charge in [0, 0.05) is 5.75 Å². The Hall–Kier alpha value is -1.53. The SMILES string of the molecule is Cc1ccc(-c2nnc(SCCC(=O)O)o2)c(Cl)c1C. The van der Waals surface area contributed by atoms with Crippen LogP contribution in [0.3, 0.4) is 0 Å². The Labute approximate surface area is 125 Å². The van der Waals surface area contributed by atoms with Gasteiger partial charge in [0.2, 0.25) is 5.89 Å². The van der Waals surface area contributed by atoms with Gasteiger partial charge in [0.15, 0.2) is 0 Å². The second-order valence-electron chi connectivity index (χ2n) is 4.23. The molecule has 2 rings (SSSR count). The molecule has 0 amide bonds. The van der Waals surface area contributed by atoms with Crippen LogP contribution in [0.15, 0.2) is 21.8 Å². The van der Waals surface area contributed by atoms with Crippen molar-refractivity contribution in [3.63, 3.8) is 0 Å². The van der Waals surface area contributed by atoms with Crippen LogP contribution in [0.1, 0.15) is 17.5 Å². The Morgan fingerprint density at radius 2 is 2.15 bits per heavy atom. The highest BCUT2D eigenvalue weighted by molar-refractivity contribution is 7.99. The summed E-state index contributed by atoms with van der Waals surface area (Å²) in [5, 5.41) is 17.3. The van der Waals surface area contributed by atoms with Crippen molar-refractivity contribution in [3.05, 3.63) is 28.3 Å². The molecule has 1 aromatic carbocycles. The number of thioether (sulfide) groups is 1. The lowest BCUT2D eigenvalue weighted by atomic mass is 10.1. The summed E-state index contributed by atoms with van der Waals surface area (Å²) in [5.41, 5.74) is 2.75. The fraction of sp³-hybridized carbons (Fsp3) is 0.308. The molecule has 0 aliphatic heterocycles. The van der Waals surface area contributed by atoms with E-state index in [-0.39, 0.29) is 6.42 Å². The van der Waals surface area contributed by atoms with Crippen molar-refractivity contribution in [2.45, 2.75) is 25.5 Å². The minimum atomic E-state index is -0.852. The quantitative estimate of drug-likeness (QED) is 0.850. The highest BCUT2D eigenvalue weighted by Crippen LogP contribution is 2.32. The van der Waals surface area contributed by atoms with Crippen LogP contribution in [-0.4, -0.2) is 27.0 Å². The van der Waals surface area contributed by atoms with Crippen molar-refractivity contribution in [1.82, 2.24) is 10.2 Å². The summed E-state index contributed by atoms with van der Waals surface area (Å²) in [4.78, 5) is 10.4. The highest BCUT2D eigenvalue weighted by atomic mass is 35.5. The summed E-state index contributed by atoms with van der Waals surface area (Å²) in [5.74, 6) is -0.122. The predicted molar refractivity (Wildman–Crippen MR) is 77.2 cm³/mol. The molecule has 1 heterocycles. The van der Waals surface area contributed by atoms with E-state index in [1.54, 1.807) is 0 Å². The van der Waals surface area contributed by atoms with Crippen molar-refractivity contribution in [2.75, 3.05) is 5.75 Å². The van der Waals surface area contributed by atoms with Gasteiger partial charge in [-0.25, -0.2) is 0 Å².